The molecule has 0 amide bonds. The highest BCUT2D eigenvalue weighted by atomic mass is 16.5. The van der Waals surface area contributed by atoms with Crippen LogP contribution in [0.5, 0.6) is 0 Å². The van der Waals surface area contributed by atoms with Crippen molar-refractivity contribution < 1.29 is 19.1 Å². The molecule has 6 nitrogen and oxygen atoms in total. The molecular weight excluding hydrogens is 380 g/mol. The number of carbonyl (C=O) groups excluding carboxylic acids is 2. The number of rotatable bonds is 6. The first-order valence-electron chi connectivity index (χ1n) is 11.1. The standard InChI is InChI=1S/C24H42N2O4/c1-16(20(28)30-18-14-23(6,7)26-24(8,9)15-18)10-11-19(27)29-17-12-21(2,3)25-22(4,5)13-17/h17-18,25-26H,1,10-15H2,2-9H3. The van der Waals surface area contributed by atoms with Crippen LogP contribution < -0.4 is 10.6 Å². The fourth-order valence-corrected chi connectivity index (χ4v) is 5.46. The third-order valence-electron chi connectivity index (χ3n) is 5.80. The molecule has 2 aliphatic heterocycles. The second kappa shape index (κ2) is 8.62. The van der Waals surface area contributed by atoms with Crippen LogP contribution in [-0.4, -0.2) is 46.3 Å². The van der Waals surface area contributed by atoms with Gasteiger partial charge in [0, 0.05) is 59.8 Å². The fraction of sp³-hybridized carbons (Fsp3) is 0.833. The van der Waals surface area contributed by atoms with Crippen molar-refractivity contribution in [2.45, 2.75) is 128 Å². The van der Waals surface area contributed by atoms with Crippen molar-refractivity contribution in [1.29, 1.82) is 0 Å². The second-order valence-corrected chi connectivity index (χ2v) is 11.8. The Morgan fingerprint density at radius 1 is 0.733 bits per heavy atom. The third-order valence-corrected chi connectivity index (χ3v) is 5.80. The first-order chi connectivity index (χ1) is 13.5. The van der Waals surface area contributed by atoms with Gasteiger partial charge < -0.3 is 20.1 Å². The van der Waals surface area contributed by atoms with E-state index in [0.717, 1.165) is 25.7 Å². The molecule has 0 spiro atoms. The summed E-state index contributed by atoms with van der Waals surface area (Å²) in [7, 11) is 0. The number of hydrogen-bond donors (Lipinski definition) is 2. The summed E-state index contributed by atoms with van der Waals surface area (Å²) >= 11 is 0. The average molecular weight is 423 g/mol. The van der Waals surface area contributed by atoms with Gasteiger partial charge >= 0.3 is 11.9 Å². The van der Waals surface area contributed by atoms with Gasteiger partial charge in [0.25, 0.3) is 0 Å². The quantitative estimate of drug-likeness (QED) is 0.497. The van der Waals surface area contributed by atoms with Crippen LogP contribution in [0.3, 0.4) is 0 Å². The number of hydrogen-bond acceptors (Lipinski definition) is 6. The van der Waals surface area contributed by atoms with Crippen molar-refractivity contribution in [3.05, 3.63) is 12.2 Å². The van der Waals surface area contributed by atoms with Gasteiger partial charge in [-0.3, -0.25) is 4.79 Å². The number of esters is 2. The van der Waals surface area contributed by atoms with Crippen LogP contribution in [0, 0.1) is 0 Å². The molecule has 2 rings (SSSR count). The van der Waals surface area contributed by atoms with E-state index in [-0.39, 0.29) is 53.2 Å². The Hall–Kier alpha value is -1.40. The molecule has 0 unspecified atom stereocenters. The molecular formula is C24H42N2O4. The van der Waals surface area contributed by atoms with E-state index >= 15 is 0 Å². The summed E-state index contributed by atoms with van der Waals surface area (Å²) in [5, 5.41) is 7.15. The minimum atomic E-state index is -0.412. The molecule has 2 fully saturated rings. The van der Waals surface area contributed by atoms with Crippen molar-refractivity contribution in [2.75, 3.05) is 0 Å². The van der Waals surface area contributed by atoms with Crippen LogP contribution in [0.4, 0.5) is 0 Å². The molecule has 6 heteroatoms. The third kappa shape index (κ3) is 7.69. The average Bonchev–Trinajstić information content (AvgIpc) is 2.45. The molecule has 0 aromatic heterocycles. The Morgan fingerprint density at radius 3 is 1.50 bits per heavy atom. The lowest BCUT2D eigenvalue weighted by Crippen LogP contribution is -2.59. The molecule has 0 aliphatic carbocycles. The van der Waals surface area contributed by atoms with Crippen LogP contribution in [0.2, 0.25) is 0 Å². The molecule has 2 N–H and O–H groups in total. The molecule has 172 valence electrons. The highest BCUT2D eigenvalue weighted by molar-refractivity contribution is 5.88. The van der Waals surface area contributed by atoms with E-state index in [1.165, 1.54) is 0 Å². The van der Waals surface area contributed by atoms with Crippen molar-refractivity contribution >= 4 is 11.9 Å². The summed E-state index contributed by atoms with van der Waals surface area (Å²) in [6.07, 6.45) is 3.15. The second-order valence-electron chi connectivity index (χ2n) is 11.8. The SMILES string of the molecule is C=C(CCC(=O)OC1CC(C)(C)NC(C)(C)C1)C(=O)OC1CC(C)(C)NC(C)(C)C1. The predicted octanol–water partition coefficient (Wildman–Crippen LogP) is 4.03. The van der Waals surface area contributed by atoms with Gasteiger partial charge in [0.05, 0.1) is 0 Å². The van der Waals surface area contributed by atoms with E-state index in [2.05, 4.69) is 72.6 Å². The maximum Gasteiger partial charge on any atom is 0.333 e. The van der Waals surface area contributed by atoms with E-state index in [4.69, 9.17) is 9.47 Å². The number of ether oxygens (including phenoxy) is 2. The molecule has 0 aromatic carbocycles. The summed E-state index contributed by atoms with van der Waals surface area (Å²) in [6, 6.07) is 0. The first-order valence-corrected chi connectivity index (χ1v) is 11.1. The molecule has 0 radical (unpaired) electrons. The van der Waals surface area contributed by atoms with Gasteiger partial charge in [-0.25, -0.2) is 4.79 Å². The van der Waals surface area contributed by atoms with E-state index in [0.29, 0.717) is 5.57 Å². The zero-order chi connectivity index (χ0) is 23.0. The van der Waals surface area contributed by atoms with Crippen molar-refractivity contribution in [2.24, 2.45) is 0 Å². The van der Waals surface area contributed by atoms with Gasteiger partial charge in [-0.2, -0.15) is 0 Å². The lowest BCUT2D eigenvalue weighted by atomic mass is 9.81. The molecule has 0 saturated carbocycles. The summed E-state index contributed by atoms with van der Waals surface area (Å²) in [5.74, 6) is -0.697. The van der Waals surface area contributed by atoms with Gasteiger partial charge in [-0.15, -0.1) is 0 Å². The van der Waals surface area contributed by atoms with Gasteiger partial charge in [-0.1, -0.05) is 6.58 Å². The van der Waals surface area contributed by atoms with E-state index in [1.807, 2.05) is 0 Å². The Morgan fingerprint density at radius 2 is 1.10 bits per heavy atom. The molecule has 0 aromatic rings. The molecule has 0 bridgehead atoms. The van der Waals surface area contributed by atoms with Crippen LogP contribution in [0.15, 0.2) is 12.2 Å². The van der Waals surface area contributed by atoms with Crippen LogP contribution in [-0.2, 0) is 19.1 Å². The van der Waals surface area contributed by atoms with Gasteiger partial charge in [-0.05, 0) is 61.8 Å². The Labute approximate surface area is 182 Å². The topological polar surface area (TPSA) is 76.7 Å². The Kier molecular flexibility index (Phi) is 7.14. The Bertz CT molecular complexity index is 647. The largest absolute Gasteiger partial charge is 0.462 e. The first kappa shape index (κ1) is 24.9. The molecule has 0 atom stereocenters. The number of piperidine rings is 2. The zero-order valence-corrected chi connectivity index (χ0v) is 20.2. The highest BCUT2D eigenvalue weighted by Gasteiger charge is 2.40. The minimum Gasteiger partial charge on any atom is -0.462 e. The van der Waals surface area contributed by atoms with Crippen LogP contribution >= 0.6 is 0 Å². The van der Waals surface area contributed by atoms with Crippen LogP contribution in [0.1, 0.15) is 93.9 Å². The minimum absolute atomic E-state index is 0.0868. The van der Waals surface area contributed by atoms with Crippen molar-refractivity contribution in [3.8, 4) is 0 Å². The van der Waals surface area contributed by atoms with Gasteiger partial charge in [0.2, 0.25) is 0 Å². The summed E-state index contributed by atoms with van der Waals surface area (Å²) < 4.78 is 11.4. The highest BCUT2D eigenvalue weighted by Crippen LogP contribution is 2.32. The van der Waals surface area contributed by atoms with Gasteiger partial charge in [0.15, 0.2) is 0 Å². The van der Waals surface area contributed by atoms with Crippen molar-refractivity contribution in [1.82, 2.24) is 10.6 Å². The lowest BCUT2D eigenvalue weighted by molar-refractivity contribution is -0.153. The fourth-order valence-electron chi connectivity index (χ4n) is 5.46. The monoisotopic (exact) mass is 422 g/mol. The van der Waals surface area contributed by atoms with Crippen molar-refractivity contribution in [3.63, 3.8) is 0 Å². The molecule has 2 aliphatic rings. The summed E-state index contributed by atoms with van der Waals surface area (Å²) in [4.78, 5) is 24.9. The van der Waals surface area contributed by atoms with Gasteiger partial charge in [0.1, 0.15) is 12.2 Å². The van der Waals surface area contributed by atoms with E-state index in [9.17, 15) is 9.59 Å². The molecule has 2 saturated heterocycles. The van der Waals surface area contributed by atoms with Crippen LogP contribution in [0.25, 0.3) is 0 Å². The zero-order valence-electron chi connectivity index (χ0n) is 20.2. The van der Waals surface area contributed by atoms with E-state index < -0.39 is 5.97 Å². The normalized spacial score (nSPS) is 25.3. The lowest BCUT2D eigenvalue weighted by Gasteiger charge is -2.46. The Balaban J connectivity index is 1.81. The number of carbonyl (C=O) groups is 2. The predicted molar refractivity (Wildman–Crippen MR) is 119 cm³/mol. The molecule has 30 heavy (non-hydrogen) atoms. The maximum absolute atomic E-state index is 12.5. The molecule has 2 heterocycles. The van der Waals surface area contributed by atoms with E-state index in [1.54, 1.807) is 0 Å². The summed E-state index contributed by atoms with van der Waals surface area (Å²) in [6.45, 7) is 20.8. The number of nitrogens with one attached hydrogen (secondary N) is 2. The smallest absolute Gasteiger partial charge is 0.333 e. The summed E-state index contributed by atoms with van der Waals surface area (Å²) in [5.41, 5.74) is -0.0535. The maximum atomic E-state index is 12.5.